The first-order valence-electron chi connectivity index (χ1n) is 5.03. The minimum absolute atomic E-state index is 0.619. The Balaban J connectivity index is 2.16. The molecule has 0 atom stereocenters. The molecular weight excluding hydrogens is 252 g/mol. The highest BCUT2D eigenvalue weighted by molar-refractivity contribution is 7.98. The second-order valence-electron chi connectivity index (χ2n) is 3.49. The van der Waals surface area contributed by atoms with E-state index in [9.17, 15) is 0 Å². The van der Waals surface area contributed by atoms with E-state index in [1.807, 2.05) is 36.6 Å². The van der Waals surface area contributed by atoms with Crippen LogP contribution in [-0.2, 0) is 0 Å². The lowest BCUT2D eigenvalue weighted by molar-refractivity contribution is 0.840. The van der Waals surface area contributed by atoms with Crippen molar-refractivity contribution in [1.29, 1.82) is 0 Å². The van der Waals surface area contributed by atoms with Gasteiger partial charge in [0.1, 0.15) is 10.8 Å². The zero-order chi connectivity index (χ0) is 11.8. The first kappa shape index (κ1) is 10.6. The number of thioether (sulfide) groups is 1. The molecule has 86 valence electrons. The molecule has 0 fully saturated rings. The van der Waals surface area contributed by atoms with Gasteiger partial charge < -0.3 is 5.73 Å². The van der Waals surface area contributed by atoms with Gasteiger partial charge in [0.25, 0.3) is 0 Å². The van der Waals surface area contributed by atoms with Gasteiger partial charge in [-0.1, -0.05) is 23.5 Å². The van der Waals surface area contributed by atoms with Crippen LogP contribution in [0.15, 0.2) is 35.4 Å². The molecule has 6 heteroatoms. The molecule has 0 spiro atoms. The van der Waals surface area contributed by atoms with Gasteiger partial charge in [0.2, 0.25) is 5.13 Å². The number of nitrogens with zero attached hydrogens (tertiary/aromatic N) is 3. The van der Waals surface area contributed by atoms with E-state index in [0.717, 1.165) is 20.4 Å². The zero-order valence-corrected chi connectivity index (χ0v) is 10.8. The van der Waals surface area contributed by atoms with Gasteiger partial charge in [-0.2, -0.15) is 9.78 Å². The molecule has 1 aromatic carbocycles. The lowest BCUT2D eigenvalue weighted by Gasteiger charge is -1.96. The highest BCUT2D eigenvalue weighted by atomic mass is 32.2. The predicted molar refractivity (Wildman–Crippen MR) is 72.9 cm³/mol. The Kier molecular flexibility index (Phi) is 2.53. The third kappa shape index (κ3) is 1.79. The fraction of sp³-hybridized carbons (Fsp3) is 0.0909. The monoisotopic (exact) mass is 262 g/mol. The van der Waals surface area contributed by atoms with Gasteiger partial charge >= 0.3 is 0 Å². The van der Waals surface area contributed by atoms with E-state index >= 15 is 0 Å². The molecule has 2 aromatic heterocycles. The number of benzene rings is 1. The quantitative estimate of drug-likeness (QED) is 0.721. The van der Waals surface area contributed by atoms with Gasteiger partial charge in [-0.15, -0.1) is 11.8 Å². The first-order valence-corrected chi connectivity index (χ1v) is 7.07. The molecule has 3 aromatic rings. The van der Waals surface area contributed by atoms with Crippen LogP contribution in [0.1, 0.15) is 0 Å². The van der Waals surface area contributed by atoms with E-state index < -0.39 is 0 Å². The topological polar surface area (TPSA) is 56.7 Å². The summed E-state index contributed by atoms with van der Waals surface area (Å²) in [5.41, 5.74) is 6.90. The lowest BCUT2D eigenvalue weighted by atomic mass is 10.3. The van der Waals surface area contributed by atoms with Gasteiger partial charge in [-0.25, -0.2) is 4.98 Å². The molecule has 4 nitrogen and oxygen atoms in total. The van der Waals surface area contributed by atoms with E-state index in [4.69, 9.17) is 5.73 Å². The van der Waals surface area contributed by atoms with Crippen molar-refractivity contribution in [2.24, 2.45) is 0 Å². The van der Waals surface area contributed by atoms with E-state index in [1.165, 1.54) is 0 Å². The summed E-state index contributed by atoms with van der Waals surface area (Å²) < 4.78 is 2.83. The van der Waals surface area contributed by atoms with E-state index in [0.29, 0.717) is 5.82 Å². The second kappa shape index (κ2) is 4.05. The Morgan fingerprint density at radius 1 is 1.35 bits per heavy atom. The van der Waals surface area contributed by atoms with Crippen LogP contribution >= 0.6 is 23.1 Å². The van der Waals surface area contributed by atoms with Crippen LogP contribution in [0.4, 0.5) is 5.82 Å². The van der Waals surface area contributed by atoms with Crippen LogP contribution in [-0.4, -0.2) is 21.0 Å². The molecule has 2 N–H and O–H groups in total. The summed E-state index contributed by atoms with van der Waals surface area (Å²) in [6, 6.07) is 9.88. The summed E-state index contributed by atoms with van der Waals surface area (Å²) in [6.45, 7) is 0. The minimum Gasteiger partial charge on any atom is -0.383 e. The van der Waals surface area contributed by atoms with Crippen LogP contribution in [0.3, 0.4) is 0 Å². The molecule has 2 heterocycles. The van der Waals surface area contributed by atoms with E-state index in [-0.39, 0.29) is 0 Å². The molecule has 0 bridgehead atoms. The molecule has 0 saturated heterocycles. The Morgan fingerprint density at radius 3 is 2.88 bits per heavy atom. The van der Waals surface area contributed by atoms with Gasteiger partial charge in [0.05, 0.1) is 10.2 Å². The van der Waals surface area contributed by atoms with Gasteiger partial charge in [0.15, 0.2) is 0 Å². The van der Waals surface area contributed by atoms with Crippen LogP contribution in [0.2, 0.25) is 0 Å². The molecule has 0 aliphatic rings. The number of fused-ring (bicyclic) bond motifs is 1. The molecule has 17 heavy (non-hydrogen) atoms. The molecule has 3 rings (SSSR count). The summed E-state index contributed by atoms with van der Waals surface area (Å²) in [7, 11) is 0. The summed E-state index contributed by atoms with van der Waals surface area (Å²) in [5, 5.41) is 6.11. The molecule has 0 radical (unpaired) electrons. The fourth-order valence-electron chi connectivity index (χ4n) is 1.58. The second-order valence-corrected chi connectivity index (χ2v) is 5.32. The lowest BCUT2D eigenvalue weighted by Crippen LogP contribution is -2.00. The van der Waals surface area contributed by atoms with Crippen LogP contribution in [0.5, 0.6) is 0 Å². The van der Waals surface area contributed by atoms with Crippen LogP contribution in [0.25, 0.3) is 15.3 Å². The molecule has 0 aliphatic heterocycles. The van der Waals surface area contributed by atoms with Crippen molar-refractivity contribution in [3.8, 4) is 5.13 Å². The largest absolute Gasteiger partial charge is 0.383 e. The minimum atomic E-state index is 0.619. The van der Waals surface area contributed by atoms with Crippen molar-refractivity contribution in [2.75, 3.05) is 12.0 Å². The average Bonchev–Trinajstić information content (AvgIpc) is 2.91. The van der Waals surface area contributed by atoms with Crippen molar-refractivity contribution < 1.29 is 0 Å². The van der Waals surface area contributed by atoms with Crippen molar-refractivity contribution in [3.05, 3.63) is 30.3 Å². The Labute approximate surface area is 106 Å². The number of aromatic nitrogens is 3. The van der Waals surface area contributed by atoms with Crippen LogP contribution < -0.4 is 5.73 Å². The molecular formula is C11H10N4S2. The number of nitrogen functional groups attached to an aromatic ring is 1. The smallest absolute Gasteiger partial charge is 0.213 e. The third-order valence-electron chi connectivity index (χ3n) is 2.39. The van der Waals surface area contributed by atoms with Gasteiger partial charge in [-0.3, -0.25) is 0 Å². The maximum Gasteiger partial charge on any atom is 0.213 e. The van der Waals surface area contributed by atoms with Crippen molar-refractivity contribution in [2.45, 2.75) is 5.03 Å². The highest BCUT2D eigenvalue weighted by Crippen LogP contribution is 2.27. The number of hydrogen-bond donors (Lipinski definition) is 1. The number of rotatable bonds is 2. The summed E-state index contributed by atoms with van der Waals surface area (Å²) in [5.74, 6) is 0.619. The normalized spacial score (nSPS) is 11.1. The first-order chi connectivity index (χ1) is 8.28. The number of nitrogens with two attached hydrogens (primary N) is 1. The van der Waals surface area contributed by atoms with E-state index in [1.54, 1.807) is 27.8 Å². The average molecular weight is 262 g/mol. The van der Waals surface area contributed by atoms with Gasteiger partial charge in [-0.05, 0) is 18.4 Å². The number of thiazole rings is 1. The van der Waals surface area contributed by atoms with Crippen molar-refractivity contribution in [3.63, 3.8) is 0 Å². The number of anilines is 1. The van der Waals surface area contributed by atoms with Crippen molar-refractivity contribution >= 4 is 39.1 Å². The fourth-order valence-corrected chi connectivity index (χ4v) is 2.92. The zero-order valence-electron chi connectivity index (χ0n) is 9.12. The SMILES string of the molecule is CSc1cc(N)n(-c2nc3ccccc3s2)n1. The Bertz CT molecular complexity index is 638. The summed E-state index contributed by atoms with van der Waals surface area (Å²) in [4.78, 5) is 4.52. The standard InChI is InChI=1S/C11H10N4S2/c1-16-10-6-9(12)15(14-10)11-13-7-4-2-3-5-8(7)17-11/h2-6H,12H2,1H3. The third-order valence-corrected chi connectivity index (χ3v) is 4.02. The molecule has 0 amide bonds. The van der Waals surface area contributed by atoms with Crippen molar-refractivity contribution in [1.82, 2.24) is 14.8 Å². The highest BCUT2D eigenvalue weighted by Gasteiger charge is 2.10. The molecule has 0 unspecified atom stereocenters. The number of para-hydroxylation sites is 1. The van der Waals surface area contributed by atoms with Crippen LogP contribution in [0, 0.1) is 0 Å². The molecule has 0 saturated carbocycles. The Morgan fingerprint density at radius 2 is 2.18 bits per heavy atom. The maximum absolute atomic E-state index is 5.92. The predicted octanol–water partition coefficient (Wildman–Crippen LogP) is 2.79. The number of hydrogen-bond acceptors (Lipinski definition) is 5. The summed E-state index contributed by atoms with van der Waals surface area (Å²) >= 11 is 3.16. The summed E-state index contributed by atoms with van der Waals surface area (Å²) in [6.07, 6.45) is 1.98. The van der Waals surface area contributed by atoms with E-state index in [2.05, 4.69) is 10.1 Å². The maximum atomic E-state index is 5.92. The molecule has 0 aliphatic carbocycles. The Hall–Kier alpha value is -1.53. The van der Waals surface area contributed by atoms with Gasteiger partial charge in [0, 0.05) is 6.07 Å².